The lowest BCUT2D eigenvalue weighted by Gasteiger charge is -2.31. The fourth-order valence-corrected chi connectivity index (χ4v) is 1.53. The van der Waals surface area contributed by atoms with Gasteiger partial charge in [0.05, 0.1) is 6.61 Å². The zero-order valence-corrected chi connectivity index (χ0v) is 10.4. The summed E-state index contributed by atoms with van der Waals surface area (Å²) in [6.07, 6.45) is 0.738. The van der Waals surface area contributed by atoms with Gasteiger partial charge in [-0.05, 0) is 13.3 Å². The van der Waals surface area contributed by atoms with Gasteiger partial charge in [-0.1, -0.05) is 6.92 Å². The van der Waals surface area contributed by atoms with E-state index in [-0.39, 0.29) is 6.42 Å². The van der Waals surface area contributed by atoms with Crippen molar-refractivity contribution in [2.45, 2.75) is 32.1 Å². The quantitative estimate of drug-likeness (QED) is 0.764. The summed E-state index contributed by atoms with van der Waals surface area (Å²) in [5.74, 6) is 0. The van der Waals surface area contributed by atoms with Crippen LogP contribution in [0.25, 0.3) is 0 Å². The molecule has 0 bridgehead atoms. The van der Waals surface area contributed by atoms with Gasteiger partial charge in [-0.25, -0.2) is 9.18 Å². The molecular weight excluding hydrogens is 243 g/mol. The third-order valence-electron chi connectivity index (χ3n) is 2.84. The van der Waals surface area contributed by atoms with Crippen molar-refractivity contribution in [1.29, 1.82) is 0 Å². The van der Waals surface area contributed by atoms with Crippen LogP contribution in [-0.4, -0.2) is 33.5 Å². The molecule has 1 rings (SSSR count). The average molecular weight is 260 g/mol. The molecule has 0 aliphatic carbocycles. The molecule has 18 heavy (non-hydrogen) atoms. The number of aromatic amines is 1. The van der Waals surface area contributed by atoms with E-state index < -0.39 is 36.4 Å². The van der Waals surface area contributed by atoms with E-state index in [4.69, 9.17) is 4.74 Å². The summed E-state index contributed by atoms with van der Waals surface area (Å²) < 4.78 is 19.5. The molecule has 102 valence electrons. The first-order valence-electron chi connectivity index (χ1n) is 5.64. The van der Waals surface area contributed by atoms with E-state index >= 15 is 0 Å². The molecule has 6 nitrogen and oxygen atoms in total. The van der Waals surface area contributed by atoms with Gasteiger partial charge in [-0.2, -0.15) is 0 Å². The molecule has 0 amide bonds. The summed E-state index contributed by atoms with van der Waals surface area (Å²) in [6, 6.07) is 1.17. The molecule has 7 heteroatoms. The lowest BCUT2D eigenvalue weighted by Crippen LogP contribution is -2.42. The average Bonchev–Trinajstić information content (AvgIpc) is 2.36. The van der Waals surface area contributed by atoms with E-state index in [0.717, 1.165) is 4.57 Å². The second kappa shape index (κ2) is 5.92. The van der Waals surface area contributed by atoms with Crippen molar-refractivity contribution in [2.24, 2.45) is 0 Å². The normalized spacial score (nSPS) is 16.2. The first kappa shape index (κ1) is 14.6. The third-order valence-corrected chi connectivity index (χ3v) is 2.84. The van der Waals surface area contributed by atoms with E-state index in [1.54, 1.807) is 6.92 Å². The van der Waals surface area contributed by atoms with E-state index in [0.29, 0.717) is 0 Å². The fraction of sp³-hybridized carbons (Fsp3) is 0.636. The molecule has 2 atom stereocenters. The Bertz CT molecular complexity index is 484. The molecule has 1 aromatic rings. The Hall–Kier alpha value is -1.47. The van der Waals surface area contributed by atoms with E-state index in [9.17, 15) is 19.1 Å². The number of nitrogens with one attached hydrogen (secondary N) is 1. The maximum Gasteiger partial charge on any atom is 0.330 e. The van der Waals surface area contributed by atoms with Gasteiger partial charge in [-0.3, -0.25) is 14.3 Å². The van der Waals surface area contributed by atoms with Gasteiger partial charge in [0.25, 0.3) is 5.56 Å². The molecule has 0 aromatic carbocycles. The van der Waals surface area contributed by atoms with Crippen molar-refractivity contribution < 1.29 is 14.2 Å². The summed E-state index contributed by atoms with van der Waals surface area (Å²) in [4.78, 5) is 24.5. The molecule has 1 unspecified atom stereocenters. The Labute approximate surface area is 103 Å². The van der Waals surface area contributed by atoms with Crippen molar-refractivity contribution in [2.75, 3.05) is 13.3 Å². The van der Waals surface area contributed by atoms with Crippen LogP contribution < -0.4 is 11.2 Å². The molecule has 0 radical (unpaired) electrons. The van der Waals surface area contributed by atoms with Crippen LogP contribution in [0.5, 0.6) is 0 Å². The molecule has 2 N–H and O–H groups in total. The van der Waals surface area contributed by atoms with Gasteiger partial charge in [0, 0.05) is 12.3 Å². The van der Waals surface area contributed by atoms with E-state index in [1.807, 2.05) is 0 Å². The van der Waals surface area contributed by atoms with Crippen molar-refractivity contribution in [3.05, 3.63) is 33.1 Å². The number of alkyl halides is 1. The zero-order valence-electron chi connectivity index (χ0n) is 10.4. The summed E-state index contributed by atoms with van der Waals surface area (Å²) in [5, 5.41) is 9.18. The lowest BCUT2D eigenvalue weighted by molar-refractivity contribution is -0.152. The number of nitrogens with zero attached hydrogens (tertiary/aromatic N) is 1. The van der Waals surface area contributed by atoms with Crippen molar-refractivity contribution in [3.8, 4) is 0 Å². The topological polar surface area (TPSA) is 84.3 Å². The van der Waals surface area contributed by atoms with Crippen LogP contribution in [0.3, 0.4) is 0 Å². The number of aliphatic hydroxyl groups excluding tert-OH is 1. The molecule has 0 saturated carbocycles. The Balaban J connectivity index is 2.97. The van der Waals surface area contributed by atoms with Crippen LogP contribution in [0, 0.1) is 0 Å². The Morgan fingerprint density at radius 3 is 2.72 bits per heavy atom. The van der Waals surface area contributed by atoms with Crippen LogP contribution in [0.4, 0.5) is 4.39 Å². The molecule has 0 spiro atoms. The summed E-state index contributed by atoms with van der Waals surface area (Å²) >= 11 is 0. The smallest absolute Gasteiger partial charge is 0.330 e. The Morgan fingerprint density at radius 2 is 2.28 bits per heavy atom. The number of aromatic nitrogens is 2. The van der Waals surface area contributed by atoms with E-state index in [1.165, 1.54) is 19.2 Å². The van der Waals surface area contributed by atoms with Crippen molar-refractivity contribution in [3.63, 3.8) is 0 Å². The first-order valence-corrected chi connectivity index (χ1v) is 5.64. The van der Waals surface area contributed by atoms with Crippen LogP contribution in [-0.2, 0) is 4.74 Å². The minimum absolute atomic E-state index is 0.266. The highest BCUT2D eigenvalue weighted by Gasteiger charge is 2.31. The van der Waals surface area contributed by atoms with Crippen LogP contribution >= 0.6 is 0 Å². The van der Waals surface area contributed by atoms with Crippen molar-refractivity contribution in [1.82, 2.24) is 9.55 Å². The minimum atomic E-state index is -1.32. The van der Waals surface area contributed by atoms with Gasteiger partial charge < -0.3 is 9.84 Å². The molecule has 0 aliphatic heterocycles. The molecule has 0 saturated heterocycles. The number of rotatable bonds is 6. The number of ether oxygens (including phenoxy) is 1. The monoisotopic (exact) mass is 260 g/mol. The second-order valence-electron chi connectivity index (χ2n) is 4.06. The van der Waals surface area contributed by atoms with Gasteiger partial charge in [0.1, 0.15) is 18.5 Å². The number of hydrogen-bond donors (Lipinski definition) is 2. The molecule has 1 aromatic heterocycles. The maximum atomic E-state index is 12.9. The zero-order chi connectivity index (χ0) is 13.8. The SMILES string of the molecule is CCC(CO)(CF)O[C@H](C)n1ccc(=O)[nH]c1=O. The van der Waals surface area contributed by atoms with Crippen molar-refractivity contribution >= 4 is 0 Å². The lowest BCUT2D eigenvalue weighted by atomic mass is 10.0. The summed E-state index contributed by atoms with van der Waals surface area (Å²) in [6.45, 7) is 1.87. The summed E-state index contributed by atoms with van der Waals surface area (Å²) in [5.41, 5.74) is -2.48. The fourth-order valence-electron chi connectivity index (χ4n) is 1.53. The van der Waals surface area contributed by atoms with Crippen LogP contribution in [0.15, 0.2) is 21.9 Å². The predicted octanol–water partition coefficient (Wildman–Crippen LogP) is 0.182. The van der Waals surface area contributed by atoms with Gasteiger partial charge >= 0.3 is 5.69 Å². The maximum absolute atomic E-state index is 12.9. The van der Waals surface area contributed by atoms with Gasteiger partial charge in [0.15, 0.2) is 0 Å². The summed E-state index contributed by atoms with van der Waals surface area (Å²) in [7, 11) is 0. The highest BCUT2D eigenvalue weighted by atomic mass is 19.1. The van der Waals surface area contributed by atoms with E-state index in [2.05, 4.69) is 4.98 Å². The first-order chi connectivity index (χ1) is 8.48. The van der Waals surface area contributed by atoms with Gasteiger partial charge in [-0.15, -0.1) is 0 Å². The number of halogens is 1. The Morgan fingerprint density at radius 1 is 1.61 bits per heavy atom. The number of aliphatic hydroxyl groups is 1. The number of H-pyrrole nitrogens is 1. The predicted molar refractivity (Wildman–Crippen MR) is 63.2 cm³/mol. The van der Waals surface area contributed by atoms with Crippen LogP contribution in [0.2, 0.25) is 0 Å². The molecule has 1 heterocycles. The number of hydrogen-bond acceptors (Lipinski definition) is 4. The largest absolute Gasteiger partial charge is 0.393 e. The van der Waals surface area contributed by atoms with Gasteiger partial charge in [0.2, 0.25) is 0 Å². The highest BCUT2D eigenvalue weighted by molar-refractivity contribution is 4.85. The second-order valence-corrected chi connectivity index (χ2v) is 4.06. The Kier molecular flexibility index (Phi) is 4.80. The van der Waals surface area contributed by atoms with Crippen LogP contribution in [0.1, 0.15) is 26.5 Å². The molecular formula is C11H17FN2O4. The molecule has 0 fully saturated rings. The minimum Gasteiger partial charge on any atom is -0.393 e. The highest BCUT2D eigenvalue weighted by Crippen LogP contribution is 2.22. The third kappa shape index (κ3) is 3.05. The molecule has 0 aliphatic rings. The standard InChI is InChI=1S/C11H17FN2O4/c1-3-11(6-12,7-15)18-8(2)14-5-4-9(16)13-10(14)17/h4-5,8,15H,3,6-7H2,1-2H3,(H,13,16,17)/t8-,11?/m1/s1.